The molecule has 0 bridgehead atoms. The largest absolute Gasteiger partial charge is 0.370 e. The van der Waals surface area contributed by atoms with Gasteiger partial charge in [-0.25, -0.2) is 4.99 Å². The second kappa shape index (κ2) is 6.12. The van der Waals surface area contributed by atoms with E-state index in [-0.39, 0.29) is 12.5 Å². The molecule has 5 nitrogen and oxygen atoms in total. The number of aromatic amines is 1. The van der Waals surface area contributed by atoms with Gasteiger partial charge in [-0.05, 0) is 43.0 Å². The molecule has 2 rings (SSSR count). The Hall–Kier alpha value is -2.45. The molecule has 0 radical (unpaired) electrons. The number of nitriles is 1. The van der Waals surface area contributed by atoms with Crippen molar-refractivity contribution >= 4 is 17.6 Å². The Kier molecular flexibility index (Phi) is 4.43. The van der Waals surface area contributed by atoms with Crippen molar-refractivity contribution in [3.8, 4) is 17.2 Å². The molecule has 0 spiro atoms. The van der Waals surface area contributed by atoms with Gasteiger partial charge in [-0.15, -0.1) is 0 Å². The van der Waals surface area contributed by atoms with Crippen LogP contribution < -0.4 is 11.5 Å². The molecule has 114 valence electrons. The molecule has 0 aliphatic heterocycles. The van der Waals surface area contributed by atoms with E-state index in [1.165, 1.54) is 11.1 Å². The maximum atomic E-state index is 9.20. The van der Waals surface area contributed by atoms with Crippen molar-refractivity contribution in [2.24, 2.45) is 16.5 Å². The Morgan fingerprint density at radius 2 is 1.95 bits per heavy atom. The van der Waals surface area contributed by atoms with Crippen LogP contribution in [-0.4, -0.2) is 10.9 Å². The number of hydrogen-bond donors (Lipinski definition) is 3. The highest BCUT2D eigenvalue weighted by Gasteiger charge is 2.19. The molecule has 22 heavy (non-hydrogen) atoms. The number of benzene rings is 1. The number of rotatable bonds is 3. The zero-order valence-electron chi connectivity index (χ0n) is 12.8. The molecule has 0 saturated heterocycles. The predicted molar refractivity (Wildman–Crippen MR) is 89.7 cm³/mol. The van der Waals surface area contributed by atoms with Gasteiger partial charge in [0.05, 0.1) is 11.6 Å². The van der Waals surface area contributed by atoms with Gasteiger partial charge >= 0.3 is 0 Å². The van der Waals surface area contributed by atoms with Crippen molar-refractivity contribution < 1.29 is 0 Å². The number of guanidine groups is 1. The molecule has 0 fully saturated rings. The molecule has 0 amide bonds. The fourth-order valence-electron chi connectivity index (χ4n) is 2.40. The number of hydrogen-bond acceptors (Lipinski definition) is 2. The van der Waals surface area contributed by atoms with Gasteiger partial charge < -0.3 is 16.5 Å². The number of aliphatic imine (C=N–C) groups is 1. The lowest BCUT2D eigenvalue weighted by Crippen LogP contribution is -2.22. The van der Waals surface area contributed by atoms with Gasteiger partial charge in [-0.1, -0.05) is 23.7 Å². The molecule has 0 atom stereocenters. The minimum atomic E-state index is -0.00742. The van der Waals surface area contributed by atoms with Crippen LogP contribution in [0.25, 0.3) is 11.1 Å². The second-order valence-electron chi connectivity index (χ2n) is 5.20. The van der Waals surface area contributed by atoms with E-state index in [1.807, 2.05) is 19.1 Å². The summed E-state index contributed by atoms with van der Waals surface area (Å²) in [6.45, 7) is 6.41. The van der Waals surface area contributed by atoms with E-state index in [1.54, 1.807) is 0 Å². The smallest absolute Gasteiger partial charge is 0.186 e. The van der Waals surface area contributed by atoms with Crippen LogP contribution in [0.3, 0.4) is 0 Å². The Bertz CT molecular complexity index is 792. The van der Waals surface area contributed by atoms with Crippen molar-refractivity contribution in [1.29, 1.82) is 5.26 Å². The molecule has 0 aliphatic carbocycles. The zero-order valence-corrected chi connectivity index (χ0v) is 13.5. The monoisotopic (exact) mass is 315 g/mol. The van der Waals surface area contributed by atoms with Crippen LogP contribution in [0.1, 0.15) is 28.1 Å². The van der Waals surface area contributed by atoms with Crippen molar-refractivity contribution in [2.45, 2.75) is 27.3 Å². The van der Waals surface area contributed by atoms with Crippen LogP contribution in [0.2, 0.25) is 5.02 Å². The molecule has 2 aromatic rings. The predicted octanol–water partition coefficient (Wildman–Crippen LogP) is 2.91. The summed E-state index contributed by atoms with van der Waals surface area (Å²) in [5, 5.41) is 9.60. The average molecular weight is 316 g/mol. The number of aromatic nitrogens is 1. The van der Waals surface area contributed by atoms with Crippen molar-refractivity contribution in [3.63, 3.8) is 0 Å². The second-order valence-corrected chi connectivity index (χ2v) is 5.58. The first kappa shape index (κ1) is 15.9. The van der Waals surface area contributed by atoms with Crippen LogP contribution >= 0.6 is 11.6 Å². The fraction of sp³-hybridized carbons (Fsp3) is 0.250. The van der Waals surface area contributed by atoms with Crippen molar-refractivity contribution in [2.75, 3.05) is 0 Å². The summed E-state index contributed by atoms with van der Waals surface area (Å²) >= 11 is 6.38. The third-order valence-corrected chi connectivity index (χ3v) is 4.25. The maximum absolute atomic E-state index is 9.20. The summed E-state index contributed by atoms with van der Waals surface area (Å²) in [6.07, 6.45) is 0. The van der Waals surface area contributed by atoms with Gasteiger partial charge in [0, 0.05) is 11.3 Å². The third-order valence-electron chi connectivity index (χ3n) is 3.88. The highest BCUT2D eigenvalue weighted by atomic mass is 35.5. The van der Waals surface area contributed by atoms with E-state index < -0.39 is 0 Å². The van der Waals surface area contributed by atoms with Crippen LogP contribution in [0.15, 0.2) is 17.1 Å². The molecular weight excluding hydrogens is 298 g/mol. The molecular formula is C16H18ClN5. The third kappa shape index (κ3) is 2.78. The summed E-state index contributed by atoms with van der Waals surface area (Å²) in [4.78, 5) is 7.02. The van der Waals surface area contributed by atoms with E-state index in [4.69, 9.17) is 23.1 Å². The highest BCUT2D eigenvalue weighted by molar-refractivity contribution is 6.34. The van der Waals surface area contributed by atoms with E-state index in [0.717, 1.165) is 22.4 Å². The lowest BCUT2D eigenvalue weighted by Gasteiger charge is -2.12. The minimum Gasteiger partial charge on any atom is -0.370 e. The first-order chi connectivity index (χ1) is 10.4. The molecule has 1 aromatic carbocycles. The number of halogens is 1. The number of H-pyrrole nitrogens is 1. The topological polar surface area (TPSA) is 104 Å². The van der Waals surface area contributed by atoms with Crippen molar-refractivity contribution in [3.05, 3.63) is 45.2 Å². The summed E-state index contributed by atoms with van der Waals surface area (Å²) < 4.78 is 0. The summed E-state index contributed by atoms with van der Waals surface area (Å²) in [6, 6.07) is 6.11. The molecule has 5 N–H and O–H groups in total. The Morgan fingerprint density at radius 3 is 2.55 bits per heavy atom. The van der Waals surface area contributed by atoms with Gasteiger partial charge in [0.2, 0.25) is 0 Å². The zero-order chi connectivity index (χ0) is 16.4. The molecule has 1 heterocycles. The van der Waals surface area contributed by atoms with E-state index in [2.05, 4.69) is 29.9 Å². The summed E-state index contributed by atoms with van der Waals surface area (Å²) in [5.74, 6) is -0.00742. The quantitative estimate of drug-likeness (QED) is 0.599. The van der Waals surface area contributed by atoms with Crippen LogP contribution in [0.4, 0.5) is 0 Å². The van der Waals surface area contributed by atoms with Crippen LogP contribution in [0, 0.1) is 32.1 Å². The number of aryl methyl sites for hydroxylation is 1. The number of nitrogens with two attached hydrogens (primary N) is 2. The van der Waals surface area contributed by atoms with Crippen molar-refractivity contribution in [1.82, 2.24) is 4.98 Å². The van der Waals surface area contributed by atoms with E-state index in [0.29, 0.717) is 10.7 Å². The lowest BCUT2D eigenvalue weighted by atomic mass is 9.94. The van der Waals surface area contributed by atoms with Gasteiger partial charge in [0.25, 0.3) is 0 Å². The first-order valence-electron chi connectivity index (χ1n) is 6.79. The Balaban J connectivity index is 2.69. The van der Waals surface area contributed by atoms with Crippen LogP contribution in [-0.2, 0) is 6.54 Å². The van der Waals surface area contributed by atoms with Gasteiger partial charge in [-0.3, -0.25) is 0 Å². The highest BCUT2D eigenvalue weighted by Crippen LogP contribution is 2.37. The molecule has 0 unspecified atom stereocenters. The van der Waals surface area contributed by atoms with Crippen LogP contribution in [0.5, 0.6) is 0 Å². The maximum Gasteiger partial charge on any atom is 0.186 e. The molecule has 6 heteroatoms. The van der Waals surface area contributed by atoms with E-state index >= 15 is 0 Å². The Labute approximate surface area is 134 Å². The van der Waals surface area contributed by atoms with Gasteiger partial charge in [0.1, 0.15) is 11.8 Å². The summed E-state index contributed by atoms with van der Waals surface area (Å²) in [7, 11) is 0. The number of nitrogens with zero attached hydrogens (tertiary/aromatic N) is 2. The minimum absolute atomic E-state index is 0.00742. The average Bonchev–Trinajstić information content (AvgIpc) is 2.79. The normalized spacial score (nSPS) is 10.3. The fourth-order valence-corrected chi connectivity index (χ4v) is 2.70. The van der Waals surface area contributed by atoms with Gasteiger partial charge in [-0.2, -0.15) is 5.26 Å². The van der Waals surface area contributed by atoms with E-state index in [9.17, 15) is 5.26 Å². The molecule has 0 saturated carbocycles. The molecule has 1 aromatic heterocycles. The first-order valence-corrected chi connectivity index (χ1v) is 7.17. The Morgan fingerprint density at radius 1 is 1.27 bits per heavy atom. The summed E-state index contributed by atoms with van der Waals surface area (Å²) in [5.41, 5.74) is 17.1. The SMILES string of the molecule is Cc1ccc(-c2c(CN=C(N)N)[nH]c(C#N)c2Cl)c(C)c1C. The lowest BCUT2D eigenvalue weighted by molar-refractivity contribution is 0.998. The standard InChI is InChI=1S/C16H18ClN5/c1-8-4-5-11(10(3)9(8)2)14-13(7-21-16(19)20)22-12(6-18)15(14)17/h4-5,22H,7H2,1-3H3,(H4,19,20,21). The molecule has 0 aliphatic rings. The number of nitrogens with one attached hydrogen (secondary N) is 1. The van der Waals surface area contributed by atoms with Gasteiger partial charge in [0.15, 0.2) is 5.96 Å².